The van der Waals surface area contributed by atoms with Crippen LogP contribution < -0.4 is 5.43 Å². The molecule has 1 N–H and O–H groups in total. The molecule has 0 radical (unpaired) electrons. The Morgan fingerprint density at radius 2 is 1.52 bits per heavy atom. The summed E-state index contributed by atoms with van der Waals surface area (Å²) in [5.74, 6) is -1.72. The molecule has 0 unspecified atom stereocenters. The second kappa shape index (κ2) is 7.21. The highest BCUT2D eigenvalue weighted by Crippen LogP contribution is 2.27. The maximum absolute atomic E-state index is 12.4. The summed E-state index contributed by atoms with van der Waals surface area (Å²) in [4.78, 5) is 36.7. The molecule has 0 spiro atoms. The highest BCUT2D eigenvalue weighted by atomic mass is 16.2. The fraction of sp³-hybridized carbons (Fsp3) is 0.200. The van der Waals surface area contributed by atoms with Crippen LogP contribution in [0.3, 0.4) is 0 Å². The number of carbonyl (C=O) groups is 3. The molecule has 25 heavy (non-hydrogen) atoms. The van der Waals surface area contributed by atoms with Gasteiger partial charge in [-0.2, -0.15) is 5.10 Å². The highest BCUT2D eigenvalue weighted by molar-refractivity contribution is 6.36. The van der Waals surface area contributed by atoms with Crippen LogP contribution in [0.15, 0.2) is 59.7 Å². The SMILES string of the molecule is CC(=NNC(=O)CCc1ccccc1)C1C(=O)c2ccccc2C1=O. The van der Waals surface area contributed by atoms with Crippen molar-refractivity contribution >= 4 is 23.2 Å². The lowest BCUT2D eigenvalue weighted by molar-refractivity contribution is -0.121. The molecule has 1 aliphatic carbocycles. The van der Waals surface area contributed by atoms with Gasteiger partial charge in [0, 0.05) is 17.5 Å². The molecule has 2 aromatic rings. The largest absolute Gasteiger partial charge is 0.293 e. The van der Waals surface area contributed by atoms with Gasteiger partial charge >= 0.3 is 0 Å². The molecule has 0 heterocycles. The molecule has 0 aliphatic heterocycles. The Balaban J connectivity index is 1.62. The van der Waals surface area contributed by atoms with Gasteiger partial charge in [-0.15, -0.1) is 0 Å². The third-order valence-electron chi connectivity index (χ3n) is 4.24. The standard InChI is InChI=1S/C20H18N2O3/c1-13(18-19(24)15-9-5-6-10-16(15)20(18)25)21-22-17(23)12-11-14-7-3-2-4-8-14/h2-10,18H,11-12H2,1H3,(H,22,23). The Morgan fingerprint density at radius 1 is 0.960 bits per heavy atom. The van der Waals surface area contributed by atoms with Crippen LogP contribution in [-0.4, -0.2) is 23.2 Å². The van der Waals surface area contributed by atoms with Crippen LogP contribution in [0.5, 0.6) is 0 Å². The van der Waals surface area contributed by atoms with Gasteiger partial charge in [0.25, 0.3) is 0 Å². The van der Waals surface area contributed by atoms with E-state index in [0.29, 0.717) is 23.3 Å². The second-order valence-corrected chi connectivity index (χ2v) is 5.98. The first-order valence-corrected chi connectivity index (χ1v) is 8.12. The van der Waals surface area contributed by atoms with Gasteiger partial charge in [0.2, 0.25) is 5.91 Å². The van der Waals surface area contributed by atoms with Crippen molar-refractivity contribution in [2.75, 3.05) is 0 Å². The molecule has 5 nitrogen and oxygen atoms in total. The van der Waals surface area contributed by atoms with Crippen molar-refractivity contribution in [2.24, 2.45) is 11.0 Å². The zero-order chi connectivity index (χ0) is 17.8. The maximum atomic E-state index is 12.4. The number of hydrogen-bond donors (Lipinski definition) is 1. The van der Waals surface area contributed by atoms with E-state index in [1.165, 1.54) is 0 Å². The lowest BCUT2D eigenvalue weighted by Gasteiger charge is -2.07. The molecule has 126 valence electrons. The van der Waals surface area contributed by atoms with Gasteiger partial charge in [0.1, 0.15) is 5.92 Å². The van der Waals surface area contributed by atoms with Crippen LogP contribution >= 0.6 is 0 Å². The average molecular weight is 334 g/mol. The Bertz CT molecular complexity index is 821. The molecular formula is C20H18N2O3. The lowest BCUT2D eigenvalue weighted by atomic mass is 9.99. The number of carbonyl (C=O) groups excluding carboxylic acids is 3. The fourth-order valence-electron chi connectivity index (χ4n) is 2.90. The first-order chi connectivity index (χ1) is 12.1. The Labute approximate surface area is 145 Å². The lowest BCUT2D eigenvalue weighted by Crippen LogP contribution is -2.27. The summed E-state index contributed by atoms with van der Waals surface area (Å²) in [6, 6.07) is 16.4. The van der Waals surface area contributed by atoms with Gasteiger partial charge in [-0.25, -0.2) is 5.43 Å². The second-order valence-electron chi connectivity index (χ2n) is 5.98. The number of aryl methyl sites for hydroxylation is 1. The van der Waals surface area contributed by atoms with Crippen LogP contribution in [0.25, 0.3) is 0 Å². The third kappa shape index (κ3) is 3.55. The van der Waals surface area contributed by atoms with Gasteiger partial charge in [-0.1, -0.05) is 54.6 Å². The number of benzene rings is 2. The van der Waals surface area contributed by atoms with Gasteiger partial charge in [0.05, 0.1) is 5.71 Å². The third-order valence-corrected chi connectivity index (χ3v) is 4.24. The molecule has 2 aromatic carbocycles. The van der Waals surface area contributed by atoms with E-state index in [4.69, 9.17) is 0 Å². The molecular weight excluding hydrogens is 316 g/mol. The Kier molecular flexibility index (Phi) is 4.84. The number of nitrogens with one attached hydrogen (secondary N) is 1. The van der Waals surface area contributed by atoms with Crippen molar-refractivity contribution in [3.63, 3.8) is 0 Å². The number of rotatable bonds is 5. The van der Waals surface area contributed by atoms with Crippen LogP contribution in [0, 0.1) is 5.92 Å². The van der Waals surface area contributed by atoms with E-state index in [1.807, 2.05) is 30.3 Å². The monoisotopic (exact) mass is 334 g/mol. The number of hydrogen-bond acceptors (Lipinski definition) is 4. The van der Waals surface area contributed by atoms with Gasteiger partial charge in [0.15, 0.2) is 11.6 Å². The minimum Gasteiger partial charge on any atom is -0.293 e. The maximum Gasteiger partial charge on any atom is 0.240 e. The van der Waals surface area contributed by atoms with Gasteiger partial charge < -0.3 is 0 Å². The molecule has 0 atom stereocenters. The summed E-state index contributed by atoms with van der Waals surface area (Å²) in [7, 11) is 0. The van der Waals surface area contributed by atoms with E-state index < -0.39 is 5.92 Å². The van der Waals surface area contributed by atoms with E-state index >= 15 is 0 Å². The van der Waals surface area contributed by atoms with E-state index in [0.717, 1.165) is 5.56 Å². The van der Waals surface area contributed by atoms with Crippen LogP contribution in [-0.2, 0) is 11.2 Å². The number of Topliss-reactive ketones (excluding diaryl/α,β-unsaturated/α-hetero) is 2. The summed E-state index contributed by atoms with van der Waals surface area (Å²) >= 11 is 0. The summed E-state index contributed by atoms with van der Waals surface area (Å²) in [6.07, 6.45) is 0.890. The average Bonchev–Trinajstić information content (AvgIpc) is 2.90. The molecule has 0 saturated carbocycles. The molecule has 1 aliphatic rings. The zero-order valence-electron chi connectivity index (χ0n) is 13.9. The van der Waals surface area contributed by atoms with E-state index in [2.05, 4.69) is 10.5 Å². The Hall–Kier alpha value is -3.08. The quantitative estimate of drug-likeness (QED) is 0.519. The van der Waals surface area contributed by atoms with Crippen molar-refractivity contribution in [2.45, 2.75) is 19.8 Å². The number of hydrazone groups is 1. The highest BCUT2D eigenvalue weighted by Gasteiger charge is 2.40. The van der Waals surface area contributed by atoms with Crippen LogP contribution in [0.2, 0.25) is 0 Å². The minimum absolute atomic E-state index is 0.251. The predicted octanol–water partition coefficient (Wildman–Crippen LogP) is 2.81. The van der Waals surface area contributed by atoms with Crippen molar-refractivity contribution in [3.8, 4) is 0 Å². The van der Waals surface area contributed by atoms with Crippen LogP contribution in [0.1, 0.15) is 39.6 Å². The predicted molar refractivity (Wildman–Crippen MR) is 94.6 cm³/mol. The first-order valence-electron chi connectivity index (χ1n) is 8.12. The topological polar surface area (TPSA) is 75.6 Å². The number of ketones is 2. The van der Waals surface area contributed by atoms with E-state index in [1.54, 1.807) is 31.2 Å². The zero-order valence-corrected chi connectivity index (χ0v) is 13.9. The molecule has 0 fully saturated rings. The number of amides is 1. The summed E-state index contributed by atoms with van der Waals surface area (Å²) in [6.45, 7) is 1.59. The Morgan fingerprint density at radius 3 is 2.12 bits per heavy atom. The number of nitrogens with zero attached hydrogens (tertiary/aromatic N) is 1. The number of fused-ring (bicyclic) bond motifs is 1. The summed E-state index contributed by atoms with van der Waals surface area (Å²) < 4.78 is 0. The van der Waals surface area contributed by atoms with Crippen molar-refractivity contribution in [3.05, 3.63) is 71.3 Å². The first kappa shape index (κ1) is 16.8. The van der Waals surface area contributed by atoms with Gasteiger partial charge in [-0.3, -0.25) is 14.4 Å². The molecule has 1 amide bonds. The summed E-state index contributed by atoms with van der Waals surface area (Å²) in [5, 5.41) is 3.98. The van der Waals surface area contributed by atoms with Crippen molar-refractivity contribution in [1.82, 2.24) is 5.43 Å². The van der Waals surface area contributed by atoms with Gasteiger partial charge in [-0.05, 0) is 18.9 Å². The van der Waals surface area contributed by atoms with Crippen molar-refractivity contribution in [1.29, 1.82) is 0 Å². The molecule has 0 saturated heterocycles. The summed E-state index contributed by atoms with van der Waals surface area (Å²) in [5.41, 5.74) is 4.65. The molecule has 5 heteroatoms. The molecule has 3 rings (SSSR count). The van der Waals surface area contributed by atoms with Crippen LogP contribution in [0.4, 0.5) is 0 Å². The van der Waals surface area contributed by atoms with E-state index in [9.17, 15) is 14.4 Å². The fourth-order valence-corrected chi connectivity index (χ4v) is 2.90. The minimum atomic E-state index is -0.938. The van der Waals surface area contributed by atoms with E-state index in [-0.39, 0.29) is 23.9 Å². The molecule has 0 aromatic heterocycles. The normalized spacial score (nSPS) is 14.5. The molecule has 0 bridgehead atoms. The smallest absolute Gasteiger partial charge is 0.240 e. The van der Waals surface area contributed by atoms with Crippen molar-refractivity contribution < 1.29 is 14.4 Å².